The number of piperazine rings is 1. The standard InChI is InChI=1S/C82H78F9N13O11S3/c1-77(2,112)53-12-9-47(60(28-53)80(83,84)85)35-102-63-17-8-46(24-52(63)32-92-102)27-69-72(109)98-76(118-69)101-38-56(95-57(39-101)42-105)31-79(5,113)55-14-11-49(62(30-55)82(89,90)91)37-104-65-16-6-44(22-51(65)34-94-104)25-67-70(107)96-74(116-67)99-19-18-59(73(110)111)66(41-99)115-78(3,4)54-13-10-48(61(29-54)81(86,87)88)36-103-64-15-7-45(23-50(64)33-93-103)26-68-71(108)97-75(117-68)100-20-21-114-58(40-100)43-106/h6-17,22-30,32-34,56-59,66,95,105-106,112-113H,18-21,31,35-43H2,1-5H3,(H,110,111)/b67-25-,68-26-,69-27-/t56?,57-,58+,59?,66?,79?/m1/s1. The third kappa shape index (κ3) is 17.8. The maximum Gasteiger partial charge on any atom is 0.416 e. The molecule has 3 aromatic heterocycles. The Hall–Kier alpha value is -10.0. The highest BCUT2D eigenvalue weighted by Gasteiger charge is 2.45. The van der Waals surface area contributed by atoms with E-state index in [1.54, 1.807) is 96.5 Å². The average Bonchev–Trinajstić information content (AvgIpc) is 0.981. The van der Waals surface area contributed by atoms with Crippen LogP contribution in [-0.2, 0) is 83.6 Å². The molecule has 0 saturated carbocycles. The van der Waals surface area contributed by atoms with Gasteiger partial charge in [0.05, 0.1) is 141 Å². The molecule has 9 aromatic rings. The second-order valence-corrected chi connectivity index (χ2v) is 34.1. The van der Waals surface area contributed by atoms with Crippen LogP contribution < -0.4 is 5.32 Å². The first kappa shape index (κ1) is 83.1. The number of fused-ring (bicyclic) bond motifs is 3. The molecule has 9 heterocycles. The van der Waals surface area contributed by atoms with Crippen molar-refractivity contribution in [1.29, 1.82) is 0 Å². The fraction of sp³-hybridized carbons (Fsp3) is 0.366. The first-order valence-electron chi connectivity index (χ1n) is 37.6. The zero-order valence-corrected chi connectivity index (χ0v) is 66.3. The molecule has 4 unspecified atom stereocenters. The zero-order valence-electron chi connectivity index (χ0n) is 63.8. The van der Waals surface area contributed by atoms with E-state index in [2.05, 4.69) is 35.6 Å². The van der Waals surface area contributed by atoms with E-state index in [0.717, 1.165) is 41.7 Å². The van der Waals surface area contributed by atoms with Gasteiger partial charge in [-0.15, -0.1) is 0 Å². The largest absolute Gasteiger partial charge is 0.481 e. The number of aromatic nitrogens is 6. The van der Waals surface area contributed by atoms with Gasteiger partial charge in [-0.25, -0.2) is 0 Å². The average molecular weight is 1690 g/mol. The van der Waals surface area contributed by atoms with Gasteiger partial charge >= 0.3 is 24.5 Å². The number of carbonyl (C=O) groups is 4. The van der Waals surface area contributed by atoms with E-state index in [9.17, 15) is 57.9 Å². The molecule has 6 atom stereocenters. The minimum atomic E-state index is -4.90. The number of amidine groups is 3. The molecule has 6 aromatic carbocycles. The summed E-state index contributed by atoms with van der Waals surface area (Å²) in [4.78, 5) is 71.8. The van der Waals surface area contributed by atoms with Crippen LogP contribution in [0.4, 0.5) is 39.5 Å². The molecular formula is C82H78F9N13O11S3. The number of nitrogens with zero attached hydrogens (tertiary/aromatic N) is 12. The van der Waals surface area contributed by atoms with Crippen LogP contribution in [0.15, 0.2) is 157 Å². The van der Waals surface area contributed by atoms with Gasteiger partial charge in [0.1, 0.15) is 0 Å². The number of aliphatic carboxylic acids is 1. The number of aliphatic imine (C=N–C) groups is 3. The third-order valence-corrected chi connectivity index (χ3v) is 24.8. The molecule has 0 radical (unpaired) electrons. The Kier molecular flexibility index (Phi) is 22.7. The number of hydrogen-bond acceptors (Lipinski definition) is 20. The predicted octanol–water partition coefficient (Wildman–Crippen LogP) is 12.4. The van der Waals surface area contributed by atoms with Crippen molar-refractivity contribution >= 4 is 125 Å². The van der Waals surface area contributed by atoms with Crippen LogP contribution >= 0.6 is 35.3 Å². The summed E-state index contributed by atoms with van der Waals surface area (Å²) < 4.78 is 150. The quantitative estimate of drug-likeness (QED) is 0.0324. The number of ether oxygens (including phenoxy) is 2. The van der Waals surface area contributed by atoms with Crippen LogP contribution in [0.1, 0.15) is 114 Å². The van der Waals surface area contributed by atoms with E-state index in [4.69, 9.17) is 9.47 Å². The van der Waals surface area contributed by atoms with E-state index >= 15 is 26.3 Å². The number of benzene rings is 6. The van der Waals surface area contributed by atoms with Crippen molar-refractivity contribution in [1.82, 2.24) is 49.4 Å². The number of aliphatic hydroxyl groups is 4. The number of nitrogens with one attached hydrogen (secondary N) is 1. The number of aliphatic hydroxyl groups excluding tert-OH is 2. The molecular weight excluding hydrogens is 1610 g/mol. The topological polar surface area (TPSA) is 300 Å². The lowest BCUT2D eigenvalue weighted by Gasteiger charge is -2.41. The molecule has 3 amide bonds. The van der Waals surface area contributed by atoms with Crippen molar-refractivity contribution in [2.75, 3.05) is 59.1 Å². The number of rotatable bonds is 19. The van der Waals surface area contributed by atoms with Gasteiger partial charge in [-0.3, -0.25) is 33.2 Å². The van der Waals surface area contributed by atoms with Crippen molar-refractivity contribution in [2.45, 2.75) is 127 Å². The van der Waals surface area contributed by atoms with Gasteiger partial charge in [0, 0.05) is 67.5 Å². The summed E-state index contributed by atoms with van der Waals surface area (Å²) in [6.07, 6.45) is -6.73. The lowest BCUT2D eigenvalue weighted by atomic mass is 9.86. The number of alkyl halides is 9. The van der Waals surface area contributed by atoms with Crippen molar-refractivity contribution in [3.8, 4) is 0 Å². The summed E-state index contributed by atoms with van der Waals surface area (Å²) in [6.45, 7) is 7.48. The summed E-state index contributed by atoms with van der Waals surface area (Å²) in [5, 5.41) is 72.2. The first-order valence-corrected chi connectivity index (χ1v) is 40.0. The van der Waals surface area contributed by atoms with Crippen LogP contribution in [0.5, 0.6) is 0 Å². The Bertz CT molecular complexity index is 5700. The highest BCUT2D eigenvalue weighted by Crippen LogP contribution is 2.44. The van der Waals surface area contributed by atoms with Crippen molar-refractivity contribution in [2.24, 2.45) is 20.9 Å². The monoisotopic (exact) mass is 1690 g/mol. The molecule has 3 saturated heterocycles. The van der Waals surface area contributed by atoms with E-state index in [0.29, 0.717) is 84.3 Å². The summed E-state index contributed by atoms with van der Waals surface area (Å²) in [5.74, 6) is -3.89. The molecule has 15 rings (SSSR count). The van der Waals surface area contributed by atoms with Gasteiger partial charge in [0.15, 0.2) is 15.5 Å². The number of halogens is 9. The van der Waals surface area contributed by atoms with Gasteiger partial charge in [-0.1, -0.05) is 54.6 Å². The summed E-state index contributed by atoms with van der Waals surface area (Å²) in [5.41, 5.74) is -4.73. The van der Waals surface area contributed by atoms with Gasteiger partial charge in [0.25, 0.3) is 17.7 Å². The molecule has 6 N–H and O–H groups in total. The molecule has 3 fully saturated rings. The third-order valence-electron chi connectivity index (χ3n) is 21.6. The molecule has 0 spiro atoms. The molecule has 0 aliphatic carbocycles. The van der Waals surface area contributed by atoms with E-state index in [1.165, 1.54) is 102 Å². The number of morpholine rings is 1. The minimum Gasteiger partial charge on any atom is -0.481 e. The number of carboxylic acids is 1. The highest BCUT2D eigenvalue weighted by atomic mass is 32.2. The van der Waals surface area contributed by atoms with Crippen LogP contribution in [-0.4, -0.2) is 192 Å². The number of piperidine rings is 1. The van der Waals surface area contributed by atoms with Crippen LogP contribution in [0.2, 0.25) is 0 Å². The molecule has 618 valence electrons. The number of thioether (sulfide) groups is 3. The lowest BCUT2D eigenvalue weighted by molar-refractivity contribution is -0.161. The van der Waals surface area contributed by atoms with Crippen molar-refractivity contribution in [3.05, 3.63) is 209 Å². The van der Waals surface area contributed by atoms with Gasteiger partial charge < -0.3 is 55.0 Å². The molecule has 118 heavy (non-hydrogen) atoms. The minimum absolute atomic E-state index is 0.0312. The Labute approximate surface area is 680 Å². The van der Waals surface area contributed by atoms with Crippen LogP contribution in [0.25, 0.3) is 50.9 Å². The Morgan fingerprint density at radius 1 is 0.525 bits per heavy atom. The number of carboxylic acid groups (broad SMARTS) is 1. The smallest absolute Gasteiger partial charge is 0.416 e. The van der Waals surface area contributed by atoms with E-state index in [-0.39, 0.29) is 120 Å². The predicted molar refractivity (Wildman–Crippen MR) is 427 cm³/mol. The molecule has 0 bridgehead atoms. The summed E-state index contributed by atoms with van der Waals surface area (Å²) >= 11 is 3.29. The molecule has 6 aliphatic rings. The summed E-state index contributed by atoms with van der Waals surface area (Å²) in [7, 11) is 0. The first-order chi connectivity index (χ1) is 55.8. The molecule has 36 heteroatoms. The van der Waals surface area contributed by atoms with Gasteiger partial charge in [-0.05, 0) is 206 Å². The normalized spacial score (nSPS) is 21.7. The number of likely N-dealkylation sites (tertiary alicyclic amines) is 1. The Morgan fingerprint density at radius 2 is 0.941 bits per heavy atom. The Morgan fingerprint density at radius 3 is 1.37 bits per heavy atom. The zero-order chi connectivity index (χ0) is 83.9. The van der Waals surface area contributed by atoms with Gasteiger partial charge in [-0.2, -0.15) is 69.8 Å². The fourth-order valence-electron chi connectivity index (χ4n) is 15.5. The van der Waals surface area contributed by atoms with Gasteiger partial charge in [0.2, 0.25) is 0 Å². The fourth-order valence-corrected chi connectivity index (χ4v) is 18.3. The lowest BCUT2D eigenvalue weighted by Crippen LogP contribution is -2.59. The number of amides is 3. The highest BCUT2D eigenvalue weighted by molar-refractivity contribution is 8.19. The molecule has 24 nitrogen and oxygen atoms in total. The second-order valence-electron chi connectivity index (χ2n) is 31.1. The number of carbonyl (C=O) groups excluding carboxylic acids is 3. The second kappa shape index (κ2) is 32.3. The van der Waals surface area contributed by atoms with Crippen molar-refractivity contribution < 1.29 is 93.7 Å². The van der Waals surface area contributed by atoms with Crippen LogP contribution in [0.3, 0.4) is 0 Å². The number of hydrogen-bond donors (Lipinski definition) is 6. The van der Waals surface area contributed by atoms with Crippen molar-refractivity contribution in [3.63, 3.8) is 0 Å². The SMILES string of the molecule is CC(C)(O)c1ccc(Cn2ncc3cc(/C=C4\SC(N5CC(CC(C)(O)c6ccc(Cn7ncc8cc(/C=C9\SC(N%10CCC(C(=O)O)C(OC(C)(C)c%11ccc(Cn%12ncc%13cc(/C=C%14\SC(N%15CCO[C@H](CO)C%15)=NC%14=O)ccc%13%12)c(C(F)(F)F)c%11)C%10)=NC9=O)ccc87)c(C(F)(F)F)c6)N[C@@H](CO)C5)=NC4=O)ccc32)c(C(F)(F)F)c1. The summed E-state index contributed by atoms with van der Waals surface area (Å²) in [6, 6.07) is 25.1. The Balaban J connectivity index is 0.570. The maximum atomic E-state index is 15.2. The maximum absolute atomic E-state index is 15.2. The van der Waals surface area contributed by atoms with Crippen LogP contribution in [0, 0.1) is 5.92 Å². The molecule has 6 aliphatic heterocycles. The van der Waals surface area contributed by atoms with E-state index in [1.807, 2.05) is 4.90 Å². The van der Waals surface area contributed by atoms with E-state index < -0.39 is 106 Å².